The van der Waals surface area contributed by atoms with Crippen LogP contribution in [0.4, 0.5) is 0 Å². The zero-order valence-corrected chi connectivity index (χ0v) is 12.5. The minimum absolute atomic E-state index is 0.804. The van der Waals surface area contributed by atoms with Gasteiger partial charge in [-0.25, -0.2) is 0 Å². The molecule has 1 N–H and O–H groups in total. The first kappa shape index (κ1) is 12.7. The molecule has 1 heterocycles. The highest BCUT2D eigenvalue weighted by Crippen LogP contribution is 2.55. The molecule has 4 atom stereocenters. The predicted molar refractivity (Wildman–Crippen MR) is 80.1 cm³/mol. The number of hydrogen-bond acceptors (Lipinski definition) is 1. The highest BCUT2D eigenvalue weighted by molar-refractivity contribution is 5.00. The van der Waals surface area contributed by atoms with Crippen molar-refractivity contribution in [2.75, 3.05) is 6.54 Å². The van der Waals surface area contributed by atoms with Gasteiger partial charge >= 0.3 is 0 Å². The largest absolute Gasteiger partial charge is 0.313 e. The van der Waals surface area contributed by atoms with Crippen LogP contribution in [-0.2, 0) is 0 Å². The van der Waals surface area contributed by atoms with Crippen LogP contribution >= 0.6 is 0 Å². The predicted octanol–water partition coefficient (Wildman–Crippen LogP) is 4.52. The molecule has 0 aromatic heterocycles. The molecule has 1 spiro atoms. The van der Waals surface area contributed by atoms with E-state index in [9.17, 15) is 0 Å². The van der Waals surface area contributed by atoms with Crippen molar-refractivity contribution in [1.29, 1.82) is 0 Å². The van der Waals surface area contributed by atoms with Crippen molar-refractivity contribution in [2.24, 2.45) is 23.2 Å². The highest BCUT2D eigenvalue weighted by atomic mass is 15.0. The Balaban J connectivity index is 1.52. The van der Waals surface area contributed by atoms with Gasteiger partial charge in [0, 0.05) is 6.04 Å². The molecule has 1 saturated heterocycles. The van der Waals surface area contributed by atoms with E-state index in [2.05, 4.69) is 5.32 Å². The maximum atomic E-state index is 3.91. The second-order valence-corrected chi connectivity index (χ2v) is 8.19. The van der Waals surface area contributed by atoms with Gasteiger partial charge in [0.1, 0.15) is 0 Å². The summed E-state index contributed by atoms with van der Waals surface area (Å²) in [4.78, 5) is 0. The highest BCUT2D eigenvalue weighted by Gasteiger charge is 2.47. The second-order valence-electron chi connectivity index (χ2n) is 8.19. The Morgan fingerprint density at radius 3 is 2.47 bits per heavy atom. The van der Waals surface area contributed by atoms with Crippen molar-refractivity contribution < 1.29 is 0 Å². The fraction of sp³-hybridized carbons (Fsp3) is 1.00. The van der Waals surface area contributed by atoms with Crippen molar-refractivity contribution in [3.63, 3.8) is 0 Å². The zero-order chi connectivity index (χ0) is 12.7. The van der Waals surface area contributed by atoms with Gasteiger partial charge in [0.15, 0.2) is 0 Å². The summed E-state index contributed by atoms with van der Waals surface area (Å²) in [5.41, 5.74) is 0.804. The molecular formula is C18H31N. The van der Waals surface area contributed by atoms with Crippen molar-refractivity contribution in [2.45, 2.75) is 83.1 Å². The molecule has 3 saturated carbocycles. The van der Waals surface area contributed by atoms with Crippen LogP contribution in [0.2, 0.25) is 0 Å². The Hall–Kier alpha value is -0.0400. The maximum absolute atomic E-state index is 3.91. The molecule has 4 fully saturated rings. The SMILES string of the molecule is C1CCC2(CC1)CCC1CNC3CCCCC3C1C2. The van der Waals surface area contributed by atoms with Crippen molar-refractivity contribution in [3.8, 4) is 0 Å². The minimum Gasteiger partial charge on any atom is -0.313 e. The lowest BCUT2D eigenvalue weighted by Gasteiger charge is -2.54. The van der Waals surface area contributed by atoms with Crippen LogP contribution in [0.3, 0.4) is 0 Å². The molecule has 19 heavy (non-hydrogen) atoms. The Morgan fingerprint density at radius 1 is 0.737 bits per heavy atom. The van der Waals surface area contributed by atoms with E-state index < -0.39 is 0 Å². The molecule has 4 rings (SSSR count). The Labute approximate surface area is 118 Å². The van der Waals surface area contributed by atoms with Gasteiger partial charge < -0.3 is 5.32 Å². The quantitative estimate of drug-likeness (QED) is 0.676. The van der Waals surface area contributed by atoms with Crippen LogP contribution in [0, 0.1) is 23.2 Å². The summed E-state index contributed by atoms with van der Waals surface area (Å²) in [6.45, 7) is 1.35. The van der Waals surface area contributed by atoms with Crippen molar-refractivity contribution in [1.82, 2.24) is 5.32 Å². The number of rotatable bonds is 0. The molecule has 0 aromatic rings. The van der Waals surface area contributed by atoms with E-state index in [1.165, 1.54) is 51.5 Å². The summed E-state index contributed by atoms with van der Waals surface area (Å²) in [5.74, 6) is 3.18. The van der Waals surface area contributed by atoms with E-state index >= 15 is 0 Å². The summed E-state index contributed by atoms with van der Waals surface area (Å²) in [6, 6.07) is 0.897. The summed E-state index contributed by atoms with van der Waals surface area (Å²) < 4.78 is 0. The first-order valence-electron chi connectivity index (χ1n) is 9.10. The molecular weight excluding hydrogens is 230 g/mol. The van der Waals surface area contributed by atoms with Crippen LogP contribution in [-0.4, -0.2) is 12.6 Å². The maximum Gasteiger partial charge on any atom is 0.00982 e. The van der Waals surface area contributed by atoms with Gasteiger partial charge in [0.25, 0.3) is 0 Å². The molecule has 4 unspecified atom stereocenters. The van der Waals surface area contributed by atoms with Gasteiger partial charge in [0.2, 0.25) is 0 Å². The molecule has 0 aromatic carbocycles. The van der Waals surface area contributed by atoms with Gasteiger partial charge in [-0.05, 0) is 74.7 Å². The summed E-state index contributed by atoms with van der Waals surface area (Å²) in [7, 11) is 0. The number of hydrogen-bond donors (Lipinski definition) is 1. The van der Waals surface area contributed by atoms with Gasteiger partial charge in [-0.3, -0.25) is 0 Å². The van der Waals surface area contributed by atoms with Gasteiger partial charge in [-0.1, -0.05) is 32.1 Å². The van der Waals surface area contributed by atoms with Gasteiger partial charge in [0.05, 0.1) is 0 Å². The Morgan fingerprint density at radius 2 is 1.58 bits per heavy atom. The second kappa shape index (κ2) is 5.06. The fourth-order valence-corrected chi connectivity index (χ4v) is 6.21. The third-order valence-corrected chi connectivity index (χ3v) is 7.25. The lowest BCUT2D eigenvalue weighted by molar-refractivity contribution is -0.0195. The van der Waals surface area contributed by atoms with E-state index in [0.717, 1.165) is 29.2 Å². The van der Waals surface area contributed by atoms with Crippen molar-refractivity contribution >= 4 is 0 Å². The fourth-order valence-electron chi connectivity index (χ4n) is 6.21. The number of piperidine rings is 1. The summed E-state index contributed by atoms with van der Waals surface area (Å²) in [6.07, 6.45) is 18.4. The minimum atomic E-state index is 0.804. The number of nitrogens with one attached hydrogen (secondary N) is 1. The van der Waals surface area contributed by atoms with E-state index in [4.69, 9.17) is 0 Å². The standard InChI is InChI=1S/C18H31N/c1-4-9-18(10-5-1)11-8-14-13-19-17-7-3-2-6-15(17)16(14)12-18/h14-17,19H,1-13H2. The molecule has 1 nitrogen and oxygen atoms in total. The first-order valence-corrected chi connectivity index (χ1v) is 9.10. The molecule has 0 amide bonds. The van der Waals surface area contributed by atoms with Crippen LogP contribution in [0.15, 0.2) is 0 Å². The zero-order valence-electron chi connectivity index (χ0n) is 12.5. The normalized spacial score (nSPS) is 45.5. The first-order chi connectivity index (χ1) is 9.36. The van der Waals surface area contributed by atoms with E-state index in [-0.39, 0.29) is 0 Å². The molecule has 1 heteroatoms. The van der Waals surface area contributed by atoms with Crippen LogP contribution < -0.4 is 5.32 Å². The number of fused-ring (bicyclic) bond motifs is 3. The molecule has 108 valence electrons. The average molecular weight is 261 g/mol. The molecule has 0 radical (unpaired) electrons. The van der Waals surface area contributed by atoms with Crippen molar-refractivity contribution in [3.05, 3.63) is 0 Å². The van der Waals surface area contributed by atoms with Gasteiger partial charge in [-0.15, -0.1) is 0 Å². The van der Waals surface area contributed by atoms with Crippen LogP contribution in [0.25, 0.3) is 0 Å². The third kappa shape index (κ3) is 2.26. The molecule has 4 aliphatic rings. The topological polar surface area (TPSA) is 12.0 Å². The van der Waals surface area contributed by atoms with Crippen LogP contribution in [0.5, 0.6) is 0 Å². The average Bonchev–Trinajstić information content (AvgIpc) is 2.48. The van der Waals surface area contributed by atoms with E-state index in [1.807, 2.05) is 0 Å². The molecule has 3 aliphatic carbocycles. The lowest BCUT2D eigenvalue weighted by atomic mass is 9.54. The van der Waals surface area contributed by atoms with E-state index in [1.54, 1.807) is 32.1 Å². The van der Waals surface area contributed by atoms with Gasteiger partial charge in [-0.2, -0.15) is 0 Å². The lowest BCUT2D eigenvalue weighted by Crippen LogP contribution is -2.55. The summed E-state index contributed by atoms with van der Waals surface area (Å²) >= 11 is 0. The Bertz CT molecular complexity index is 318. The third-order valence-electron chi connectivity index (χ3n) is 7.25. The Kier molecular flexibility index (Phi) is 3.38. The molecule has 0 bridgehead atoms. The molecule has 1 aliphatic heterocycles. The van der Waals surface area contributed by atoms with Crippen LogP contribution in [0.1, 0.15) is 77.0 Å². The smallest absolute Gasteiger partial charge is 0.00982 e. The monoisotopic (exact) mass is 261 g/mol. The van der Waals surface area contributed by atoms with E-state index in [0.29, 0.717) is 0 Å². The summed E-state index contributed by atoms with van der Waals surface area (Å²) in [5, 5.41) is 3.91.